The number of fused-ring (bicyclic) bond motifs is 2. The average Bonchev–Trinajstić information content (AvgIpc) is 2.76. The summed E-state index contributed by atoms with van der Waals surface area (Å²) in [4.78, 5) is 21.2. The summed E-state index contributed by atoms with van der Waals surface area (Å²) in [6.07, 6.45) is 3.29. The van der Waals surface area contributed by atoms with Crippen LogP contribution in [-0.4, -0.2) is 14.5 Å². The van der Waals surface area contributed by atoms with E-state index < -0.39 is 0 Å². The van der Waals surface area contributed by atoms with Crippen molar-refractivity contribution in [2.45, 2.75) is 6.54 Å². The smallest absolute Gasteiger partial charge is 0.269 e. The Labute approximate surface area is 161 Å². The standard InChI is InChI=1S/C24H17N3O/c28-24-15-26-22-10-3-4-11-23(22)27(24)16-17-6-5-8-18(12-17)20-13-19-7-1-2-9-21(19)25-14-20/h1-15H,16H2. The van der Waals surface area contributed by atoms with Crippen molar-refractivity contribution in [2.75, 3.05) is 0 Å². The lowest BCUT2D eigenvalue weighted by Gasteiger charge is -2.11. The first-order valence-corrected chi connectivity index (χ1v) is 9.17. The summed E-state index contributed by atoms with van der Waals surface area (Å²) in [6.45, 7) is 0.497. The van der Waals surface area contributed by atoms with Crippen molar-refractivity contribution < 1.29 is 0 Å². The van der Waals surface area contributed by atoms with Crippen molar-refractivity contribution in [1.29, 1.82) is 0 Å². The van der Waals surface area contributed by atoms with Crippen LogP contribution < -0.4 is 5.56 Å². The molecule has 0 saturated carbocycles. The number of hydrogen-bond donors (Lipinski definition) is 0. The van der Waals surface area contributed by atoms with E-state index in [1.165, 1.54) is 6.20 Å². The molecule has 0 unspecified atom stereocenters. The quantitative estimate of drug-likeness (QED) is 0.468. The Balaban J connectivity index is 1.56. The number of hydrogen-bond acceptors (Lipinski definition) is 3. The molecule has 0 atom stereocenters. The molecule has 5 aromatic rings. The Morgan fingerprint density at radius 1 is 0.714 bits per heavy atom. The fourth-order valence-corrected chi connectivity index (χ4v) is 3.54. The van der Waals surface area contributed by atoms with Crippen LogP contribution in [0, 0.1) is 0 Å². The normalized spacial score (nSPS) is 11.1. The predicted molar refractivity (Wildman–Crippen MR) is 112 cm³/mol. The molecule has 134 valence electrons. The van der Waals surface area contributed by atoms with Crippen molar-refractivity contribution in [3.8, 4) is 11.1 Å². The van der Waals surface area contributed by atoms with Crippen LogP contribution in [0.4, 0.5) is 0 Å². The number of nitrogens with zero attached hydrogens (tertiary/aromatic N) is 3. The molecule has 2 heterocycles. The van der Waals surface area contributed by atoms with Gasteiger partial charge in [0.25, 0.3) is 5.56 Å². The number of para-hydroxylation sites is 3. The zero-order valence-electron chi connectivity index (χ0n) is 15.1. The van der Waals surface area contributed by atoms with Crippen LogP contribution in [0.5, 0.6) is 0 Å². The maximum absolute atomic E-state index is 12.4. The molecule has 0 spiro atoms. The van der Waals surface area contributed by atoms with Gasteiger partial charge in [-0.15, -0.1) is 0 Å². The van der Waals surface area contributed by atoms with E-state index in [9.17, 15) is 4.79 Å². The van der Waals surface area contributed by atoms with Gasteiger partial charge in [-0.2, -0.15) is 0 Å². The summed E-state index contributed by atoms with van der Waals surface area (Å²) >= 11 is 0. The van der Waals surface area contributed by atoms with Crippen LogP contribution >= 0.6 is 0 Å². The molecule has 3 aromatic carbocycles. The van der Waals surface area contributed by atoms with Crippen molar-refractivity contribution in [3.63, 3.8) is 0 Å². The SMILES string of the molecule is O=c1cnc2ccccc2n1Cc1cccc(-c2cnc3ccccc3c2)c1. The summed E-state index contributed by atoms with van der Waals surface area (Å²) in [5.41, 5.74) is 5.75. The molecule has 4 heteroatoms. The largest absolute Gasteiger partial charge is 0.301 e. The third-order valence-electron chi connectivity index (χ3n) is 4.94. The second-order valence-corrected chi connectivity index (χ2v) is 6.79. The van der Waals surface area contributed by atoms with Crippen LogP contribution in [0.2, 0.25) is 0 Å². The van der Waals surface area contributed by atoms with Gasteiger partial charge in [0.15, 0.2) is 0 Å². The minimum atomic E-state index is -0.100. The molecular weight excluding hydrogens is 346 g/mol. The van der Waals surface area contributed by atoms with E-state index in [4.69, 9.17) is 0 Å². The van der Waals surface area contributed by atoms with Crippen molar-refractivity contribution >= 4 is 21.9 Å². The Morgan fingerprint density at radius 2 is 1.50 bits per heavy atom. The zero-order valence-corrected chi connectivity index (χ0v) is 15.1. The molecule has 0 fully saturated rings. The van der Waals surface area contributed by atoms with E-state index >= 15 is 0 Å². The maximum atomic E-state index is 12.4. The van der Waals surface area contributed by atoms with E-state index in [2.05, 4.69) is 34.2 Å². The minimum Gasteiger partial charge on any atom is -0.301 e. The fourth-order valence-electron chi connectivity index (χ4n) is 3.54. The highest BCUT2D eigenvalue weighted by Crippen LogP contribution is 2.24. The van der Waals surface area contributed by atoms with Gasteiger partial charge in [0.05, 0.1) is 29.3 Å². The van der Waals surface area contributed by atoms with Gasteiger partial charge in [0, 0.05) is 17.1 Å². The number of rotatable bonds is 3. The van der Waals surface area contributed by atoms with E-state index in [-0.39, 0.29) is 5.56 Å². The maximum Gasteiger partial charge on any atom is 0.269 e. The van der Waals surface area contributed by atoms with Crippen LogP contribution in [0.3, 0.4) is 0 Å². The van der Waals surface area contributed by atoms with Gasteiger partial charge >= 0.3 is 0 Å². The van der Waals surface area contributed by atoms with E-state index in [0.717, 1.165) is 38.6 Å². The fraction of sp³-hybridized carbons (Fsp3) is 0.0417. The van der Waals surface area contributed by atoms with Gasteiger partial charge in [-0.1, -0.05) is 48.5 Å². The summed E-state index contributed by atoms with van der Waals surface area (Å²) in [5.74, 6) is 0. The summed E-state index contributed by atoms with van der Waals surface area (Å²) in [5, 5.41) is 1.11. The third-order valence-corrected chi connectivity index (χ3v) is 4.94. The lowest BCUT2D eigenvalue weighted by molar-refractivity contribution is 0.787. The van der Waals surface area contributed by atoms with Gasteiger partial charge in [0.1, 0.15) is 0 Å². The number of pyridine rings is 1. The van der Waals surface area contributed by atoms with Crippen molar-refractivity contribution in [1.82, 2.24) is 14.5 Å². The molecule has 0 N–H and O–H groups in total. The van der Waals surface area contributed by atoms with E-state index in [0.29, 0.717) is 6.54 Å². The first kappa shape index (κ1) is 16.4. The van der Waals surface area contributed by atoms with Gasteiger partial charge in [-0.3, -0.25) is 9.78 Å². The first-order valence-electron chi connectivity index (χ1n) is 9.17. The topological polar surface area (TPSA) is 47.8 Å². The lowest BCUT2D eigenvalue weighted by atomic mass is 10.0. The molecule has 5 rings (SSSR count). The molecular formula is C24H17N3O. The van der Waals surface area contributed by atoms with Gasteiger partial charge in [-0.05, 0) is 41.5 Å². The Bertz CT molecular complexity index is 1370. The highest BCUT2D eigenvalue weighted by Gasteiger charge is 2.07. The summed E-state index contributed by atoms with van der Waals surface area (Å²) in [7, 11) is 0. The van der Waals surface area contributed by atoms with E-state index in [1.807, 2.05) is 60.8 Å². The van der Waals surface area contributed by atoms with Gasteiger partial charge in [0.2, 0.25) is 0 Å². The summed E-state index contributed by atoms with van der Waals surface area (Å²) in [6, 6.07) is 26.2. The third kappa shape index (κ3) is 2.95. The molecule has 0 amide bonds. The number of benzene rings is 3. The molecule has 4 nitrogen and oxygen atoms in total. The number of aromatic nitrogens is 3. The molecule has 28 heavy (non-hydrogen) atoms. The molecule has 0 aliphatic heterocycles. The second kappa shape index (κ2) is 6.74. The van der Waals surface area contributed by atoms with Gasteiger partial charge < -0.3 is 4.57 Å². The predicted octanol–water partition coefficient (Wildman–Crippen LogP) is 4.66. The van der Waals surface area contributed by atoms with Crippen molar-refractivity contribution in [2.24, 2.45) is 0 Å². The molecule has 0 radical (unpaired) electrons. The van der Waals surface area contributed by atoms with Crippen LogP contribution in [-0.2, 0) is 6.54 Å². The lowest BCUT2D eigenvalue weighted by Crippen LogP contribution is -2.21. The van der Waals surface area contributed by atoms with Crippen LogP contribution in [0.15, 0.2) is 96.1 Å². The second-order valence-electron chi connectivity index (χ2n) is 6.79. The first-order chi connectivity index (χ1) is 13.8. The minimum absolute atomic E-state index is 0.100. The van der Waals surface area contributed by atoms with Crippen LogP contribution in [0.1, 0.15) is 5.56 Å². The molecule has 0 bridgehead atoms. The molecule has 0 aliphatic carbocycles. The Morgan fingerprint density at radius 3 is 2.43 bits per heavy atom. The highest BCUT2D eigenvalue weighted by molar-refractivity contribution is 5.83. The monoisotopic (exact) mass is 363 g/mol. The molecule has 0 saturated heterocycles. The van der Waals surface area contributed by atoms with E-state index in [1.54, 1.807) is 4.57 Å². The molecule has 0 aliphatic rings. The summed E-state index contributed by atoms with van der Waals surface area (Å²) < 4.78 is 1.76. The zero-order chi connectivity index (χ0) is 18.9. The van der Waals surface area contributed by atoms with Gasteiger partial charge in [-0.25, -0.2) is 4.98 Å². The average molecular weight is 363 g/mol. The van der Waals surface area contributed by atoms with Crippen LogP contribution in [0.25, 0.3) is 33.1 Å². The van der Waals surface area contributed by atoms with Crippen molar-refractivity contribution in [3.05, 3.63) is 107 Å². The highest BCUT2D eigenvalue weighted by atomic mass is 16.1. The Hall–Kier alpha value is -3.79. The Kier molecular flexibility index (Phi) is 3.95. The molecule has 2 aromatic heterocycles.